The molecule has 2 unspecified atom stereocenters. The first-order valence-electron chi connectivity index (χ1n) is 9.31. The van der Waals surface area contributed by atoms with Crippen molar-refractivity contribution in [3.8, 4) is 5.75 Å². The number of hydrogen-bond acceptors (Lipinski definition) is 6. The van der Waals surface area contributed by atoms with E-state index in [1.54, 1.807) is 0 Å². The highest BCUT2D eigenvalue weighted by molar-refractivity contribution is 5.89. The van der Waals surface area contributed by atoms with E-state index < -0.39 is 12.0 Å². The van der Waals surface area contributed by atoms with Crippen molar-refractivity contribution in [2.75, 3.05) is 27.4 Å². The van der Waals surface area contributed by atoms with Gasteiger partial charge in [0.05, 0.1) is 20.3 Å². The maximum atomic E-state index is 12.4. The summed E-state index contributed by atoms with van der Waals surface area (Å²) in [5.41, 5.74) is 0. The van der Waals surface area contributed by atoms with Crippen molar-refractivity contribution in [1.29, 1.82) is 0 Å². The quantitative estimate of drug-likeness (QED) is 0.506. The molecule has 1 aliphatic rings. The number of amides is 2. The first kappa shape index (κ1) is 23.4. The van der Waals surface area contributed by atoms with Crippen LogP contribution in [0.15, 0.2) is 30.3 Å². The van der Waals surface area contributed by atoms with E-state index in [1.807, 2.05) is 37.3 Å². The maximum Gasteiger partial charge on any atom is 0.328 e. The highest BCUT2D eigenvalue weighted by Crippen LogP contribution is 2.24. The van der Waals surface area contributed by atoms with Gasteiger partial charge in [-0.1, -0.05) is 18.2 Å². The molecule has 1 aliphatic heterocycles. The first-order chi connectivity index (χ1) is 13.5. The number of hydrogen-bond donors (Lipinski definition) is 2. The number of rotatable bonds is 8. The van der Waals surface area contributed by atoms with Gasteiger partial charge in [0.2, 0.25) is 11.8 Å². The van der Waals surface area contributed by atoms with Gasteiger partial charge in [0.25, 0.3) is 0 Å². The number of methoxy groups -OCH3 is 1. The molecule has 1 saturated heterocycles. The van der Waals surface area contributed by atoms with E-state index in [4.69, 9.17) is 14.6 Å². The van der Waals surface area contributed by atoms with Crippen molar-refractivity contribution in [3.05, 3.63) is 30.3 Å². The third-order valence-corrected chi connectivity index (χ3v) is 4.43. The lowest BCUT2D eigenvalue weighted by Crippen LogP contribution is -2.48. The zero-order valence-electron chi connectivity index (χ0n) is 16.7. The third kappa shape index (κ3) is 7.19. The summed E-state index contributed by atoms with van der Waals surface area (Å²) in [7, 11) is 2.31. The fourth-order valence-electron chi connectivity index (χ4n) is 3.06. The lowest BCUT2D eigenvalue weighted by Gasteiger charge is -2.27. The van der Waals surface area contributed by atoms with Crippen LogP contribution < -0.4 is 10.1 Å². The SMILES string of the molecule is CO.COC(=O)C1CCC(C)N1C(=O)CNC(=O)CCCOc1ccccc1. The molecule has 0 bridgehead atoms. The lowest BCUT2D eigenvalue weighted by molar-refractivity contribution is -0.151. The zero-order valence-corrected chi connectivity index (χ0v) is 16.7. The molecule has 2 amide bonds. The summed E-state index contributed by atoms with van der Waals surface area (Å²) in [5, 5.41) is 9.62. The van der Waals surface area contributed by atoms with Gasteiger partial charge in [-0.05, 0) is 38.3 Å². The first-order valence-corrected chi connectivity index (χ1v) is 9.31. The number of aliphatic hydroxyl groups is 1. The molecule has 8 nitrogen and oxygen atoms in total. The summed E-state index contributed by atoms with van der Waals surface area (Å²) in [6.07, 6.45) is 2.16. The third-order valence-electron chi connectivity index (χ3n) is 4.43. The minimum absolute atomic E-state index is 0.0391. The Morgan fingerprint density at radius 1 is 1.18 bits per heavy atom. The van der Waals surface area contributed by atoms with E-state index in [9.17, 15) is 14.4 Å². The largest absolute Gasteiger partial charge is 0.494 e. The molecule has 1 aromatic rings. The van der Waals surface area contributed by atoms with Crippen molar-refractivity contribution in [3.63, 3.8) is 0 Å². The van der Waals surface area contributed by atoms with E-state index in [0.717, 1.165) is 19.3 Å². The summed E-state index contributed by atoms with van der Waals surface area (Å²) in [6.45, 7) is 2.21. The van der Waals surface area contributed by atoms with E-state index in [2.05, 4.69) is 5.32 Å². The van der Waals surface area contributed by atoms with Crippen molar-refractivity contribution in [1.82, 2.24) is 10.2 Å². The molecule has 2 atom stereocenters. The molecule has 8 heteroatoms. The molecule has 0 aromatic heterocycles. The Morgan fingerprint density at radius 2 is 1.86 bits per heavy atom. The highest BCUT2D eigenvalue weighted by atomic mass is 16.5. The van der Waals surface area contributed by atoms with Crippen molar-refractivity contribution in [2.45, 2.75) is 44.7 Å². The van der Waals surface area contributed by atoms with Gasteiger partial charge < -0.3 is 24.8 Å². The summed E-state index contributed by atoms with van der Waals surface area (Å²) >= 11 is 0. The number of aliphatic hydroxyl groups excluding tert-OH is 1. The molecule has 0 radical (unpaired) electrons. The minimum Gasteiger partial charge on any atom is -0.494 e. The van der Waals surface area contributed by atoms with Gasteiger partial charge in [-0.15, -0.1) is 0 Å². The van der Waals surface area contributed by atoms with Gasteiger partial charge in [0, 0.05) is 19.6 Å². The molecule has 0 saturated carbocycles. The predicted octanol–water partition coefficient (Wildman–Crippen LogP) is 1.12. The number of nitrogens with one attached hydrogen (secondary N) is 1. The molecule has 1 aromatic carbocycles. The Labute approximate surface area is 165 Å². The predicted molar refractivity (Wildman–Crippen MR) is 104 cm³/mol. The molecule has 28 heavy (non-hydrogen) atoms. The molecule has 2 rings (SSSR count). The van der Waals surface area contributed by atoms with Gasteiger partial charge >= 0.3 is 5.97 Å². The fourth-order valence-corrected chi connectivity index (χ4v) is 3.06. The summed E-state index contributed by atoms with van der Waals surface area (Å²) in [5.74, 6) is -0.122. The number of carbonyl (C=O) groups is 3. The van der Waals surface area contributed by atoms with Crippen LogP contribution in [0.1, 0.15) is 32.6 Å². The Hall–Kier alpha value is -2.61. The summed E-state index contributed by atoms with van der Waals surface area (Å²) in [6, 6.07) is 8.79. The minimum atomic E-state index is -0.557. The van der Waals surface area contributed by atoms with Crippen LogP contribution in [0.5, 0.6) is 5.75 Å². The van der Waals surface area contributed by atoms with Crippen molar-refractivity contribution >= 4 is 17.8 Å². The molecule has 1 heterocycles. The summed E-state index contributed by atoms with van der Waals surface area (Å²) < 4.78 is 10.3. The van der Waals surface area contributed by atoms with Crippen LogP contribution in [-0.2, 0) is 19.1 Å². The van der Waals surface area contributed by atoms with Crippen LogP contribution in [0.2, 0.25) is 0 Å². The van der Waals surface area contributed by atoms with Gasteiger partial charge in [-0.3, -0.25) is 9.59 Å². The van der Waals surface area contributed by atoms with E-state index >= 15 is 0 Å². The number of ether oxygens (including phenoxy) is 2. The Balaban J connectivity index is 0.00000190. The average molecular weight is 394 g/mol. The van der Waals surface area contributed by atoms with E-state index in [0.29, 0.717) is 19.4 Å². The number of carbonyl (C=O) groups excluding carboxylic acids is 3. The number of nitrogens with zero attached hydrogens (tertiary/aromatic N) is 1. The van der Waals surface area contributed by atoms with Gasteiger partial charge in [0.15, 0.2) is 0 Å². The Bertz CT molecular complexity index is 622. The smallest absolute Gasteiger partial charge is 0.328 e. The zero-order chi connectivity index (χ0) is 20.9. The van der Waals surface area contributed by atoms with Crippen LogP contribution in [-0.4, -0.2) is 67.2 Å². The second-order valence-corrected chi connectivity index (χ2v) is 6.31. The number of para-hydroxylation sites is 1. The Kier molecular flexibility index (Phi) is 10.6. The van der Waals surface area contributed by atoms with Crippen LogP contribution in [0.25, 0.3) is 0 Å². The molecule has 2 N–H and O–H groups in total. The second kappa shape index (κ2) is 12.7. The molecule has 1 fully saturated rings. The molecular formula is C20H30N2O6. The highest BCUT2D eigenvalue weighted by Gasteiger charge is 2.39. The number of benzene rings is 1. The Morgan fingerprint density at radius 3 is 2.50 bits per heavy atom. The van der Waals surface area contributed by atoms with Crippen LogP contribution in [0, 0.1) is 0 Å². The standard InChI is InChI=1S/C19H26N2O5.CH4O/c1-14-10-11-16(19(24)25-2)21(14)18(23)13-20-17(22)9-6-12-26-15-7-4-3-5-8-15;1-2/h3-5,7-8,14,16H,6,9-13H2,1-2H3,(H,20,22);2H,1H3. The van der Waals surface area contributed by atoms with Crippen molar-refractivity contribution in [2.24, 2.45) is 0 Å². The van der Waals surface area contributed by atoms with E-state index in [1.165, 1.54) is 12.0 Å². The number of esters is 1. The normalized spacial score (nSPS) is 17.9. The lowest BCUT2D eigenvalue weighted by atomic mass is 10.2. The topological polar surface area (TPSA) is 105 Å². The van der Waals surface area contributed by atoms with E-state index in [-0.39, 0.29) is 30.8 Å². The number of likely N-dealkylation sites (tertiary alicyclic amines) is 1. The molecular weight excluding hydrogens is 364 g/mol. The molecule has 156 valence electrons. The van der Waals surface area contributed by atoms with Crippen LogP contribution >= 0.6 is 0 Å². The monoisotopic (exact) mass is 394 g/mol. The van der Waals surface area contributed by atoms with Crippen LogP contribution in [0.3, 0.4) is 0 Å². The van der Waals surface area contributed by atoms with Gasteiger partial charge in [-0.25, -0.2) is 4.79 Å². The average Bonchev–Trinajstić information content (AvgIpc) is 3.12. The van der Waals surface area contributed by atoms with Gasteiger partial charge in [0.1, 0.15) is 11.8 Å². The fraction of sp³-hybridized carbons (Fsp3) is 0.550. The van der Waals surface area contributed by atoms with Gasteiger partial charge in [-0.2, -0.15) is 0 Å². The van der Waals surface area contributed by atoms with Crippen molar-refractivity contribution < 1.29 is 29.0 Å². The van der Waals surface area contributed by atoms with Crippen LogP contribution in [0.4, 0.5) is 0 Å². The summed E-state index contributed by atoms with van der Waals surface area (Å²) in [4.78, 5) is 37.6. The molecule has 0 spiro atoms. The second-order valence-electron chi connectivity index (χ2n) is 6.31. The molecule has 0 aliphatic carbocycles. The maximum absolute atomic E-state index is 12.4.